The summed E-state index contributed by atoms with van der Waals surface area (Å²) in [6.45, 7) is 4.12. The Morgan fingerprint density at radius 3 is 2.31 bits per heavy atom. The molecular formula is C23H26N2O6S. The topological polar surface area (TPSA) is 93.2 Å². The zero-order chi connectivity index (χ0) is 22.7. The predicted octanol–water partition coefficient (Wildman–Crippen LogP) is 1.84. The van der Waals surface area contributed by atoms with Crippen LogP contribution in [-0.2, 0) is 37.3 Å². The highest BCUT2D eigenvalue weighted by molar-refractivity contribution is 7.89. The minimum Gasteiger partial charge on any atom is -0.449 e. The number of carbonyl (C=O) groups excluding carboxylic acids is 2. The summed E-state index contributed by atoms with van der Waals surface area (Å²) in [4.78, 5) is 26.6. The van der Waals surface area contributed by atoms with E-state index < -0.39 is 22.1 Å². The third-order valence-corrected chi connectivity index (χ3v) is 7.64. The molecule has 0 spiro atoms. The van der Waals surface area contributed by atoms with Crippen LogP contribution in [0.5, 0.6) is 0 Å². The molecule has 32 heavy (non-hydrogen) atoms. The Hall–Kier alpha value is -2.75. The summed E-state index contributed by atoms with van der Waals surface area (Å²) in [5.74, 6) is -0.943. The monoisotopic (exact) mass is 458 g/mol. The highest BCUT2D eigenvalue weighted by Gasteiger charge is 2.29. The van der Waals surface area contributed by atoms with Crippen LogP contribution in [-0.4, -0.2) is 68.5 Å². The zero-order valence-corrected chi connectivity index (χ0v) is 18.7. The Bertz CT molecular complexity index is 1090. The number of carbonyl (C=O) groups is 2. The van der Waals surface area contributed by atoms with Gasteiger partial charge < -0.3 is 14.4 Å². The van der Waals surface area contributed by atoms with Crippen LogP contribution in [0.3, 0.4) is 0 Å². The summed E-state index contributed by atoms with van der Waals surface area (Å²) >= 11 is 0. The summed E-state index contributed by atoms with van der Waals surface area (Å²) < 4.78 is 38.1. The van der Waals surface area contributed by atoms with Crippen molar-refractivity contribution in [3.05, 3.63) is 65.2 Å². The van der Waals surface area contributed by atoms with Crippen molar-refractivity contribution in [2.45, 2.75) is 30.9 Å². The first-order valence-corrected chi connectivity index (χ1v) is 12.0. The second-order valence-corrected chi connectivity index (χ2v) is 9.80. The lowest BCUT2D eigenvalue weighted by atomic mass is 10.0. The van der Waals surface area contributed by atoms with Gasteiger partial charge in [0.15, 0.2) is 6.10 Å². The van der Waals surface area contributed by atoms with E-state index in [9.17, 15) is 18.0 Å². The maximum Gasteiger partial charge on any atom is 0.338 e. The molecule has 0 N–H and O–H groups in total. The third kappa shape index (κ3) is 4.69. The fourth-order valence-electron chi connectivity index (χ4n) is 3.91. The van der Waals surface area contributed by atoms with Gasteiger partial charge in [-0.1, -0.05) is 24.3 Å². The predicted molar refractivity (Wildman–Crippen MR) is 116 cm³/mol. The van der Waals surface area contributed by atoms with Crippen molar-refractivity contribution in [1.82, 2.24) is 9.21 Å². The number of fused-ring (bicyclic) bond motifs is 1. The van der Waals surface area contributed by atoms with Gasteiger partial charge in [0.1, 0.15) is 0 Å². The van der Waals surface area contributed by atoms with Crippen molar-refractivity contribution in [3.63, 3.8) is 0 Å². The Balaban J connectivity index is 1.41. The largest absolute Gasteiger partial charge is 0.449 e. The molecular weight excluding hydrogens is 432 g/mol. The first kappa shape index (κ1) is 22.4. The zero-order valence-electron chi connectivity index (χ0n) is 17.9. The number of hydrogen-bond donors (Lipinski definition) is 0. The van der Waals surface area contributed by atoms with E-state index in [1.54, 1.807) is 4.90 Å². The summed E-state index contributed by atoms with van der Waals surface area (Å²) in [6.07, 6.45) is -0.271. The molecule has 1 fully saturated rings. The summed E-state index contributed by atoms with van der Waals surface area (Å²) in [5, 5.41) is 0. The van der Waals surface area contributed by atoms with Gasteiger partial charge in [-0.15, -0.1) is 0 Å². The second kappa shape index (κ2) is 9.40. The average molecular weight is 459 g/mol. The van der Waals surface area contributed by atoms with Crippen LogP contribution in [0.25, 0.3) is 0 Å². The molecule has 1 atom stereocenters. The number of sulfonamides is 1. The Morgan fingerprint density at radius 2 is 1.62 bits per heavy atom. The van der Waals surface area contributed by atoms with Gasteiger partial charge in [-0.2, -0.15) is 4.31 Å². The molecule has 2 aliphatic heterocycles. The Morgan fingerprint density at radius 1 is 0.969 bits per heavy atom. The summed E-state index contributed by atoms with van der Waals surface area (Å²) in [6, 6.07) is 13.5. The van der Waals surface area contributed by atoms with Crippen LogP contribution in [0.15, 0.2) is 53.4 Å². The first-order valence-electron chi connectivity index (χ1n) is 10.6. The van der Waals surface area contributed by atoms with E-state index in [0.717, 1.165) is 11.1 Å². The van der Waals surface area contributed by atoms with Gasteiger partial charge in [-0.25, -0.2) is 13.2 Å². The molecule has 0 bridgehead atoms. The van der Waals surface area contributed by atoms with Gasteiger partial charge in [-0.05, 0) is 48.7 Å². The van der Waals surface area contributed by atoms with E-state index >= 15 is 0 Å². The standard InChI is InChI=1S/C23H26N2O6S/c1-17(22(26)24-12-14-30-15-13-24)31-23(27)19-6-8-21(9-7-19)32(28,29)25-11-10-18-4-2-3-5-20(18)16-25/h2-9,17H,10-16H2,1H3. The van der Waals surface area contributed by atoms with Gasteiger partial charge in [0.05, 0.1) is 23.7 Å². The van der Waals surface area contributed by atoms with Crippen molar-refractivity contribution in [2.24, 2.45) is 0 Å². The number of ether oxygens (including phenoxy) is 2. The second-order valence-electron chi connectivity index (χ2n) is 7.87. The molecule has 4 rings (SSSR count). The third-order valence-electron chi connectivity index (χ3n) is 5.78. The minimum absolute atomic E-state index is 0.117. The lowest BCUT2D eigenvalue weighted by Crippen LogP contribution is -2.46. The molecule has 9 heteroatoms. The van der Waals surface area contributed by atoms with Gasteiger partial charge in [0.2, 0.25) is 10.0 Å². The van der Waals surface area contributed by atoms with Crippen LogP contribution in [0.2, 0.25) is 0 Å². The summed E-state index contributed by atoms with van der Waals surface area (Å²) in [7, 11) is -3.69. The van der Waals surface area contributed by atoms with Crippen molar-refractivity contribution in [1.29, 1.82) is 0 Å². The van der Waals surface area contributed by atoms with Gasteiger partial charge in [0, 0.05) is 26.2 Å². The smallest absolute Gasteiger partial charge is 0.338 e. The summed E-state index contributed by atoms with van der Waals surface area (Å²) in [5.41, 5.74) is 2.36. The normalized spacial score (nSPS) is 18.0. The fraction of sp³-hybridized carbons (Fsp3) is 0.391. The molecule has 0 radical (unpaired) electrons. The lowest BCUT2D eigenvalue weighted by molar-refractivity contribution is -0.143. The average Bonchev–Trinajstić information content (AvgIpc) is 2.83. The number of morpholine rings is 1. The molecule has 1 unspecified atom stereocenters. The van der Waals surface area contributed by atoms with Crippen molar-refractivity contribution >= 4 is 21.9 Å². The van der Waals surface area contributed by atoms with E-state index in [1.165, 1.54) is 35.5 Å². The van der Waals surface area contributed by atoms with Crippen molar-refractivity contribution in [3.8, 4) is 0 Å². The maximum atomic E-state index is 13.1. The van der Waals surface area contributed by atoms with E-state index in [-0.39, 0.29) is 16.4 Å². The molecule has 2 aromatic rings. The maximum absolute atomic E-state index is 13.1. The highest BCUT2D eigenvalue weighted by atomic mass is 32.2. The molecule has 0 aliphatic carbocycles. The molecule has 1 amide bonds. The molecule has 0 saturated carbocycles. The van der Waals surface area contributed by atoms with Gasteiger partial charge >= 0.3 is 5.97 Å². The molecule has 2 aliphatic rings. The lowest BCUT2D eigenvalue weighted by Gasteiger charge is -2.29. The van der Waals surface area contributed by atoms with E-state index in [4.69, 9.17) is 9.47 Å². The number of amides is 1. The quantitative estimate of drug-likeness (QED) is 0.635. The molecule has 2 heterocycles. The van der Waals surface area contributed by atoms with Crippen LogP contribution in [0, 0.1) is 0 Å². The van der Waals surface area contributed by atoms with E-state index in [0.29, 0.717) is 45.8 Å². The number of benzene rings is 2. The van der Waals surface area contributed by atoms with Crippen molar-refractivity contribution < 1.29 is 27.5 Å². The van der Waals surface area contributed by atoms with Gasteiger partial charge in [0.25, 0.3) is 5.91 Å². The van der Waals surface area contributed by atoms with Crippen LogP contribution >= 0.6 is 0 Å². The molecule has 170 valence electrons. The Labute approximate surface area is 187 Å². The van der Waals surface area contributed by atoms with Crippen LogP contribution in [0.1, 0.15) is 28.4 Å². The number of hydrogen-bond acceptors (Lipinski definition) is 6. The molecule has 1 saturated heterocycles. The number of esters is 1. The molecule has 2 aromatic carbocycles. The minimum atomic E-state index is -3.69. The highest BCUT2D eigenvalue weighted by Crippen LogP contribution is 2.25. The number of rotatable bonds is 5. The Kier molecular flexibility index (Phi) is 6.59. The SMILES string of the molecule is CC(OC(=O)c1ccc(S(=O)(=O)N2CCc3ccccc3C2)cc1)C(=O)N1CCOCC1. The van der Waals surface area contributed by atoms with Crippen LogP contribution < -0.4 is 0 Å². The van der Waals surface area contributed by atoms with Gasteiger partial charge in [-0.3, -0.25) is 4.79 Å². The van der Waals surface area contributed by atoms with E-state index in [2.05, 4.69) is 0 Å². The molecule has 8 nitrogen and oxygen atoms in total. The van der Waals surface area contributed by atoms with Crippen molar-refractivity contribution in [2.75, 3.05) is 32.8 Å². The van der Waals surface area contributed by atoms with Crippen LogP contribution in [0.4, 0.5) is 0 Å². The molecule has 0 aromatic heterocycles. The number of nitrogens with zero attached hydrogens (tertiary/aromatic N) is 2. The van der Waals surface area contributed by atoms with E-state index in [1.807, 2.05) is 24.3 Å². The fourth-order valence-corrected chi connectivity index (χ4v) is 5.33. The first-order chi connectivity index (χ1) is 15.4.